The van der Waals surface area contributed by atoms with Gasteiger partial charge in [0.2, 0.25) is 0 Å². The first-order chi connectivity index (χ1) is 10.3. The predicted octanol–water partition coefficient (Wildman–Crippen LogP) is 4.16. The van der Waals surface area contributed by atoms with Crippen LogP contribution in [-0.2, 0) is 6.54 Å². The molecule has 1 fully saturated rings. The summed E-state index contributed by atoms with van der Waals surface area (Å²) in [5.74, 6) is -0.792. The number of carbonyl (C=O) groups is 1. The quantitative estimate of drug-likeness (QED) is 0.815. The number of aromatic carboxylic acids is 1. The summed E-state index contributed by atoms with van der Waals surface area (Å²) >= 11 is 0. The maximum atomic E-state index is 11.6. The smallest absolute Gasteiger partial charge is 0.335 e. The number of carboxylic acid groups (broad SMARTS) is 1. The number of hydrogen-bond acceptors (Lipinski definition) is 2. The van der Waals surface area contributed by atoms with E-state index in [1.54, 1.807) is 0 Å². The van der Waals surface area contributed by atoms with E-state index in [9.17, 15) is 9.90 Å². The first-order valence-corrected chi connectivity index (χ1v) is 18.3. The van der Waals surface area contributed by atoms with Gasteiger partial charge in [-0.1, -0.05) is 58.0 Å². The van der Waals surface area contributed by atoms with E-state index < -0.39 is 30.5 Å². The van der Waals surface area contributed by atoms with Crippen LogP contribution < -0.4 is 5.19 Å². The Morgan fingerprint density at radius 3 is 2.09 bits per heavy atom. The summed E-state index contributed by atoms with van der Waals surface area (Å²) in [5.41, 5.74) is 1.80. The summed E-state index contributed by atoms with van der Waals surface area (Å²) in [6, 6.07) is 8.88. The van der Waals surface area contributed by atoms with Gasteiger partial charge in [0.15, 0.2) is 0 Å². The molecule has 1 heterocycles. The van der Waals surface area contributed by atoms with Gasteiger partial charge in [-0.05, 0) is 28.9 Å². The zero-order valence-corrected chi connectivity index (χ0v) is 18.7. The van der Waals surface area contributed by atoms with Gasteiger partial charge in [-0.2, -0.15) is 0 Å². The monoisotopic (exact) mass is 365 g/mol. The van der Waals surface area contributed by atoms with E-state index in [1.807, 2.05) is 12.1 Å². The predicted molar refractivity (Wildman–Crippen MR) is 107 cm³/mol. The molecular weight excluding hydrogens is 334 g/mol. The Bertz CT molecular complexity index is 605. The third kappa shape index (κ3) is 3.87. The van der Waals surface area contributed by atoms with Crippen LogP contribution in [0.3, 0.4) is 0 Å². The number of carboxylic acids is 1. The van der Waals surface area contributed by atoms with Crippen LogP contribution in [0.5, 0.6) is 0 Å². The lowest BCUT2D eigenvalue weighted by Crippen LogP contribution is -2.54. The maximum absolute atomic E-state index is 11.6. The summed E-state index contributed by atoms with van der Waals surface area (Å²) in [4.78, 5) is 11.6. The minimum absolute atomic E-state index is 0.502. The second kappa shape index (κ2) is 5.98. The molecule has 2 rings (SSSR count). The number of hydrogen-bond donors (Lipinski definition) is 1. The number of nitrogens with zero attached hydrogens (tertiary/aromatic N) is 1. The van der Waals surface area contributed by atoms with Crippen LogP contribution >= 0.6 is 0 Å². The molecule has 0 aromatic heterocycles. The van der Waals surface area contributed by atoms with Crippen molar-refractivity contribution in [2.75, 3.05) is 0 Å². The molecule has 0 radical (unpaired) electrons. The highest BCUT2D eigenvalue weighted by Gasteiger charge is 2.46. The van der Waals surface area contributed by atoms with E-state index in [-0.39, 0.29) is 0 Å². The third-order valence-electron chi connectivity index (χ3n) is 5.27. The van der Waals surface area contributed by atoms with E-state index in [2.05, 4.69) is 56.1 Å². The molecule has 1 aromatic rings. The molecule has 1 aliphatic heterocycles. The lowest BCUT2D eigenvalue weighted by atomic mass is 10.1. The van der Waals surface area contributed by atoms with Crippen LogP contribution in [0.15, 0.2) is 18.2 Å². The highest BCUT2D eigenvalue weighted by atomic mass is 28.4. The van der Waals surface area contributed by atoms with Crippen LogP contribution in [0.2, 0.25) is 57.9 Å². The normalized spacial score (nSPS) is 20.7. The summed E-state index contributed by atoms with van der Waals surface area (Å²) in [6.45, 7) is 17.6. The molecule has 0 atom stereocenters. The van der Waals surface area contributed by atoms with Crippen LogP contribution in [-0.4, -0.2) is 39.9 Å². The van der Waals surface area contributed by atoms with Crippen molar-refractivity contribution in [3.63, 3.8) is 0 Å². The Morgan fingerprint density at radius 1 is 1.13 bits per heavy atom. The van der Waals surface area contributed by atoms with Crippen molar-refractivity contribution >= 4 is 35.7 Å². The largest absolute Gasteiger partial charge is 0.478 e. The molecule has 1 N–H and O–H groups in total. The summed E-state index contributed by atoms with van der Waals surface area (Å²) < 4.78 is 2.85. The van der Waals surface area contributed by atoms with Gasteiger partial charge in [-0.3, -0.25) is 0 Å². The Labute approximate surface area is 143 Å². The maximum Gasteiger partial charge on any atom is 0.335 e. The van der Waals surface area contributed by atoms with Crippen molar-refractivity contribution < 1.29 is 9.90 Å². The van der Waals surface area contributed by atoms with Gasteiger partial charge < -0.3 is 9.34 Å². The highest BCUT2D eigenvalue weighted by Crippen LogP contribution is 2.38. The van der Waals surface area contributed by atoms with Gasteiger partial charge in [0.05, 0.1) is 13.6 Å². The minimum atomic E-state index is -1.68. The zero-order chi connectivity index (χ0) is 17.6. The Kier molecular flexibility index (Phi) is 4.85. The molecule has 0 amide bonds. The van der Waals surface area contributed by atoms with Crippen LogP contribution in [0.4, 0.5) is 0 Å². The standard InChI is InChI=1S/C17H31NO2Si3/c1-21(2,3)16-12-14(8-9-15(16)17(19)20)13-18-22(4,5)10-11-23(18,6)7/h8-9,12H,10-11,13H2,1-7H3,(H,19,20). The first-order valence-electron chi connectivity index (χ1n) is 8.49. The van der Waals surface area contributed by atoms with E-state index in [0.717, 1.165) is 11.7 Å². The third-order valence-corrected chi connectivity index (χ3v) is 17.6. The Morgan fingerprint density at radius 2 is 1.65 bits per heavy atom. The summed E-state index contributed by atoms with van der Waals surface area (Å²) in [6.07, 6.45) is 0. The SMILES string of the molecule is C[Si](C)(C)c1cc(CN2[Si](C)(C)CC[Si]2(C)C)ccc1C(=O)O. The fourth-order valence-corrected chi connectivity index (χ4v) is 19.3. The zero-order valence-electron chi connectivity index (χ0n) is 15.7. The second-order valence-corrected chi connectivity index (χ2v) is 24.0. The van der Waals surface area contributed by atoms with Crippen molar-refractivity contribution in [2.24, 2.45) is 0 Å². The topological polar surface area (TPSA) is 40.5 Å². The Hall–Kier alpha value is -0.699. The van der Waals surface area contributed by atoms with E-state index in [0.29, 0.717) is 5.56 Å². The Balaban J connectivity index is 2.40. The van der Waals surface area contributed by atoms with Gasteiger partial charge in [0.25, 0.3) is 0 Å². The summed E-state index contributed by atoms with van der Waals surface area (Å²) in [7, 11) is -4.27. The van der Waals surface area contributed by atoms with E-state index in [1.165, 1.54) is 17.7 Å². The molecule has 6 heteroatoms. The minimum Gasteiger partial charge on any atom is -0.478 e. The first kappa shape index (κ1) is 18.6. The average Bonchev–Trinajstić information content (AvgIpc) is 2.60. The fourth-order valence-electron chi connectivity index (χ4n) is 3.81. The molecule has 0 saturated carbocycles. The molecular formula is C17H31NO2Si3. The van der Waals surface area contributed by atoms with Crippen molar-refractivity contribution in [1.29, 1.82) is 0 Å². The second-order valence-electron chi connectivity index (χ2n) is 9.15. The molecule has 3 nitrogen and oxygen atoms in total. The summed E-state index contributed by atoms with van der Waals surface area (Å²) in [5, 5.41) is 10.6. The van der Waals surface area contributed by atoms with Gasteiger partial charge >= 0.3 is 5.97 Å². The van der Waals surface area contributed by atoms with Gasteiger partial charge in [-0.25, -0.2) is 4.79 Å². The fraction of sp³-hybridized carbons (Fsp3) is 0.588. The van der Waals surface area contributed by atoms with Crippen molar-refractivity contribution in [3.05, 3.63) is 29.3 Å². The number of benzene rings is 1. The molecule has 0 aliphatic carbocycles. The molecule has 0 bridgehead atoms. The van der Waals surface area contributed by atoms with E-state index >= 15 is 0 Å². The lowest BCUT2D eigenvalue weighted by molar-refractivity contribution is 0.0698. The van der Waals surface area contributed by atoms with Gasteiger partial charge in [0, 0.05) is 6.54 Å². The lowest BCUT2D eigenvalue weighted by Gasteiger charge is -2.39. The number of rotatable bonds is 4. The van der Waals surface area contributed by atoms with E-state index in [4.69, 9.17) is 0 Å². The van der Waals surface area contributed by atoms with Crippen molar-refractivity contribution in [1.82, 2.24) is 4.23 Å². The van der Waals surface area contributed by atoms with Gasteiger partial charge in [0.1, 0.15) is 16.5 Å². The van der Waals surface area contributed by atoms with Crippen molar-refractivity contribution in [3.8, 4) is 0 Å². The molecule has 0 spiro atoms. The van der Waals surface area contributed by atoms with Gasteiger partial charge in [-0.15, -0.1) is 0 Å². The van der Waals surface area contributed by atoms with Crippen molar-refractivity contribution in [2.45, 2.75) is 64.5 Å². The molecule has 1 saturated heterocycles. The average molecular weight is 366 g/mol. The van der Waals surface area contributed by atoms with Crippen LogP contribution in [0, 0.1) is 0 Å². The van der Waals surface area contributed by atoms with Crippen LogP contribution in [0.1, 0.15) is 15.9 Å². The molecule has 128 valence electrons. The highest BCUT2D eigenvalue weighted by molar-refractivity contribution is 6.95. The van der Waals surface area contributed by atoms with Crippen LogP contribution in [0.25, 0.3) is 0 Å². The molecule has 23 heavy (non-hydrogen) atoms. The molecule has 0 unspecified atom stereocenters. The molecule has 1 aliphatic rings. The molecule has 1 aromatic carbocycles.